The third kappa shape index (κ3) is 5.06. The van der Waals surface area contributed by atoms with E-state index in [0.717, 1.165) is 34.9 Å². The highest BCUT2D eigenvalue weighted by atomic mass is 35.5. The molecule has 3 aromatic carbocycles. The Hall–Kier alpha value is -3.98. The molecule has 4 rings (SSSR count). The van der Waals surface area contributed by atoms with Crippen molar-refractivity contribution in [1.29, 1.82) is 0 Å². The summed E-state index contributed by atoms with van der Waals surface area (Å²) in [4.78, 5) is 29.5. The average Bonchev–Trinajstić information content (AvgIpc) is 3.15. The molecule has 1 N–H and O–H groups in total. The van der Waals surface area contributed by atoms with Crippen molar-refractivity contribution in [3.63, 3.8) is 0 Å². The normalized spacial score (nSPS) is 17.1. The first-order valence-corrected chi connectivity index (χ1v) is 12.0. The van der Waals surface area contributed by atoms with Gasteiger partial charge in [0.15, 0.2) is 0 Å². The number of carbonyl (C=O) groups excluding carboxylic acids is 2. The van der Waals surface area contributed by atoms with Crippen LogP contribution in [-0.2, 0) is 15.8 Å². The van der Waals surface area contributed by atoms with Crippen LogP contribution in [0.5, 0.6) is 5.75 Å². The molecule has 1 fully saturated rings. The minimum absolute atomic E-state index is 0.0759. The number of aliphatic hydroxyl groups is 1. The van der Waals surface area contributed by atoms with Crippen molar-refractivity contribution in [3.8, 4) is 5.75 Å². The quantitative estimate of drug-likeness (QED) is 0.219. The molecule has 0 saturated carbocycles. The standard InChI is InChI=1S/C28H24ClF3N2O4/c1-4-38-22-15-17(7-14-21(22)29)25(35)23-24(16-5-10-19(11-6-16)33(2)3)34(27(37)26(23)36)20-12-8-18(9-13-20)28(30,31)32/h5-15,24,35H,4H2,1-3H3/b25-23-. The number of anilines is 2. The van der Waals surface area contributed by atoms with Crippen molar-refractivity contribution >= 4 is 40.4 Å². The number of nitrogens with zero attached hydrogens (tertiary/aromatic N) is 2. The number of ketones is 1. The second-order valence-corrected chi connectivity index (χ2v) is 9.19. The number of ether oxygens (including phenoxy) is 1. The summed E-state index contributed by atoms with van der Waals surface area (Å²) in [6, 6.07) is 14.2. The molecule has 0 aromatic heterocycles. The number of alkyl halides is 3. The van der Waals surface area contributed by atoms with Crippen molar-refractivity contribution in [3.05, 3.63) is 94.0 Å². The number of benzene rings is 3. The van der Waals surface area contributed by atoms with Crippen LogP contribution in [0.2, 0.25) is 5.02 Å². The molecule has 1 aliphatic heterocycles. The zero-order valence-electron chi connectivity index (χ0n) is 20.7. The van der Waals surface area contributed by atoms with Gasteiger partial charge >= 0.3 is 6.18 Å². The average molecular weight is 545 g/mol. The van der Waals surface area contributed by atoms with E-state index in [1.165, 1.54) is 18.2 Å². The molecular weight excluding hydrogens is 521 g/mol. The van der Waals surface area contributed by atoms with Crippen molar-refractivity contribution in [2.45, 2.75) is 19.1 Å². The molecule has 0 bridgehead atoms. The Morgan fingerprint density at radius 1 is 1.03 bits per heavy atom. The van der Waals surface area contributed by atoms with Crippen LogP contribution in [0, 0.1) is 0 Å². The van der Waals surface area contributed by atoms with Crippen molar-refractivity contribution in [2.75, 3.05) is 30.5 Å². The van der Waals surface area contributed by atoms with E-state index in [0.29, 0.717) is 17.2 Å². The van der Waals surface area contributed by atoms with Crippen LogP contribution in [0.3, 0.4) is 0 Å². The molecule has 10 heteroatoms. The van der Waals surface area contributed by atoms with Crippen molar-refractivity contribution in [2.24, 2.45) is 0 Å². The maximum atomic E-state index is 13.3. The van der Waals surface area contributed by atoms with Gasteiger partial charge in [0.25, 0.3) is 11.7 Å². The first-order chi connectivity index (χ1) is 17.9. The Kier molecular flexibility index (Phi) is 7.42. The van der Waals surface area contributed by atoms with Crippen LogP contribution in [0.15, 0.2) is 72.3 Å². The zero-order valence-corrected chi connectivity index (χ0v) is 21.5. The largest absolute Gasteiger partial charge is 0.507 e. The Labute approximate surface area is 222 Å². The fourth-order valence-corrected chi connectivity index (χ4v) is 4.42. The van der Waals surface area contributed by atoms with Gasteiger partial charge in [0, 0.05) is 31.0 Å². The van der Waals surface area contributed by atoms with Gasteiger partial charge in [0.05, 0.1) is 28.8 Å². The fourth-order valence-electron chi connectivity index (χ4n) is 4.25. The maximum Gasteiger partial charge on any atom is 0.416 e. The van der Waals surface area contributed by atoms with Crippen molar-refractivity contribution in [1.82, 2.24) is 0 Å². The molecular formula is C28H24ClF3N2O4. The molecule has 1 amide bonds. The molecule has 3 aromatic rings. The molecule has 0 spiro atoms. The van der Waals surface area contributed by atoms with Gasteiger partial charge in [-0.3, -0.25) is 14.5 Å². The summed E-state index contributed by atoms with van der Waals surface area (Å²) in [6.07, 6.45) is -4.57. The highest BCUT2D eigenvalue weighted by Crippen LogP contribution is 2.43. The molecule has 1 atom stereocenters. The third-order valence-electron chi connectivity index (χ3n) is 6.15. The first-order valence-electron chi connectivity index (χ1n) is 11.6. The van der Waals surface area contributed by atoms with Gasteiger partial charge in [0.2, 0.25) is 0 Å². The highest BCUT2D eigenvalue weighted by molar-refractivity contribution is 6.51. The Bertz CT molecular complexity index is 1400. The predicted octanol–water partition coefficient (Wildman–Crippen LogP) is 6.45. The van der Waals surface area contributed by atoms with Gasteiger partial charge in [0.1, 0.15) is 11.5 Å². The van der Waals surface area contributed by atoms with E-state index in [2.05, 4.69) is 0 Å². The van der Waals surface area contributed by atoms with E-state index in [1.807, 2.05) is 19.0 Å². The Balaban J connectivity index is 1.90. The summed E-state index contributed by atoms with van der Waals surface area (Å²) in [5, 5.41) is 11.6. The predicted molar refractivity (Wildman–Crippen MR) is 140 cm³/mol. The number of aliphatic hydroxyl groups excluding tert-OH is 1. The fraction of sp³-hybridized carbons (Fsp3) is 0.214. The molecule has 0 aliphatic carbocycles. The summed E-state index contributed by atoms with van der Waals surface area (Å²) in [7, 11) is 3.69. The number of halogens is 4. The lowest BCUT2D eigenvalue weighted by Crippen LogP contribution is -2.29. The van der Waals surface area contributed by atoms with E-state index in [9.17, 15) is 27.9 Å². The molecule has 0 radical (unpaired) electrons. The minimum atomic E-state index is -4.57. The van der Waals surface area contributed by atoms with Crippen LogP contribution in [0.1, 0.15) is 29.7 Å². The Morgan fingerprint density at radius 3 is 2.21 bits per heavy atom. The van der Waals surface area contributed by atoms with Crippen LogP contribution in [-0.4, -0.2) is 37.5 Å². The van der Waals surface area contributed by atoms with Gasteiger partial charge in [-0.1, -0.05) is 23.7 Å². The minimum Gasteiger partial charge on any atom is -0.507 e. The van der Waals surface area contributed by atoms with Gasteiger partial charge < -0.3 is 14.7 Å². The van der Waals surface area contributed by atoms with Crippen LogP contribution >= 0.6 is 11.6 Å². The number of hydrogen-bond acceptors (Lipinski definition) is 5. The number of carbonyl (C=O) groups is 2. The highest BCUT2D eigenvalue weighted by Gasteiger charge is 2.47. The molecule has 198 valence electrons. The summed E-state index contributed by atoms with van der Waals surface area (Å²) in [5.41, 5.74) is 0.492. The summed E-state index contributed by atoms with van der Waals surface area (Å²) < 4.78 is 44.9. The third-order valence-corrected chi connectivity index (χ3v) is 6.46. The van der Waals surface area contributed by atoms with Gasteiger partial charge in [-0.25, -0.2) is 0 Å². The van der Waals surface area contributed by atoms with Gasteiger partial charge in [-0.2, -0.15) is 13.2 Å². The number of rotatable bonds is 6. The first kappa shape index (κ1) is 27.1. The van der Waals surface area contributed by atoms with E-state index in [-0.39, 0.29) is 22.6 Å². The van der Waals surface area contributed by atoms with E-state index in [4.69, 9.17) is 16.3 Å². The molecule has 1 heterocycles. The lowest BCUT2D eigenvalue weighted by Gasteiger charge is -2.26. The Morgan fingerprint density at radius 2 is 1.66 bits per heavy atom. The molecule has 1 unspecified atom stereocenters. The van der Waals surface area contributed by atoms with E-state index >= 15 is 0 Å². The number of hydrogen-bond donors (Lipinski definition) is 1. The molecule has 1 saturated heterocycles. The summed E-state index contributed by atoms with van der Waals surface area (Å²) in [5.74, 6) is -2.14. The summed E-state index contributed by atoms with van der Waals surface area (Å²) >= 11 is 6.17. The zero-order chi connectivity index (χ0) is 27.8. The summed E-state index contributed by atoms with van der Waals surface area (Å²) in [6.45, 7) is 2.07. The second-order valence-electron chi connectivity index (χ2n) is 8.78. The SMILES string of the molecule is CCOc1cc(/C(O)=C2/C(=O)C(=O)N(c3ccc(C(F)(F)F)cc3)C2c2ccc(N(C)C)cc2)ccc1Cl. The van der Waals surface area contributed by atoms with Crippen LogP contribution < -0.4 is 14.5 Å². The topological polar surface area (TPSA) is 70.1 Å². The monoisotopic (exact) mass is 544 g/mol. The van der Waals surface area contributed by atoms with Gasteiger partial charge in [-0.05, 0) is 67.1 Å². The number of Topliss-reactive ketones (excluding diaryl/α,β-unsaturated/α-hetero) is 1. The maximum absolute atomic E-state index is 13.3. The van der Waals surface area contributed by atoms with Crippen LogP contribution in [0.4, 0.5) is 24.5 Å². The molecule has 38 heavy (non-hydrogen) atoms. The van der Waals surface area contributed by atoms with Crippen LogP contribution in [0.25, 0.3) is 5.76 Å². The number of amides is 1. The lowest BCUT2D eigenvalue weighted by molar-refractivity contribution is -0.137. The van der Waals surface area contributed by atoms with Crippen molar-refractivity contribution < 1.29 is 32.6 Å². The lowest BCUT2D eigenvalue weighted by atomic mass is 9.94. The molecule has 6 nitrogen and oxygen atoms in total. The molecule has 1 aliphatic rings. The smallest absolute Gasteiger partial charge is 0.416 e. The van der Waals surface area contributed by atoms with E-state index in [1.54, 1.807) is 31.2 Å². The van der Waals surface area contributed by atoms with Gasteiger partial charge in [-0.15, -0.1) is 0 Å². The second kappa shape index (κ2) is 10.4. The van der Waals surface area contributed by atoms with E-state index < -0.39 is 35.2 Å².